The van der Waals surface area contributed by atoms with Gasteiger partial charge in [0.15, 0.2) is 0 Å². The molecule has 0 unspecified atom stereocenters. The topological polar surface area (TPSA) is 134 Å². The largest absolute Gasteiger partial charge is 0.457 e. The Morgan fingerprint density at radius 1 is 0.581 bits per heavy atom. The molecule has 2 heterocycles. The van der Waals surface area contributed by atoms with E-state index in [2.05, 4.69) is 125 Å². The van der Waals surface area contributed by atoms with Crippen molar-refractivity contribution in [2.45, 2.75) is 79.4 Å². The first-order chi connectivity index (χ1) is 36.1. The van der Waals surface area contributed by atoms with Crippen molar-refractivity contribution >= 4 is 58.6 Å². The van der Waals surface area contributed by atoms with Crippen LogP contribution in [-0.2, 0) is 39.8 Å². The molecule has 74 heavy (non-hydrogen) atoms. The molecule has 6 aromatic carbocycles. The minimum Gasteiger partial charge on any atom is -0.457 e. The number of rotatable bonds is 17. The van der Waals surface area contributed by atoms with Gasteiger partial charge in [0, 0.05) is 17.1 Å². The van der Waals surface area contributed by atoms with Crippen molar-refractivity contribution in [3.05, 3.63) is 250 Å². The summed E-state index contributed by atoms with van der Waals surface area (Å²) in [4.78, 5) is 58.6. The molecule has 3 amide bonds. The van der Waals surface area contributed by atoms with E-state index in [0.717, 1.165) is 38.3 Å². The molecule has 380 valence electrons. The smallest absolute Gasteiger partial charge is 0.309 e. The van der Waals surface area contributed by atoms with Gasteiger partial charge in [-0.1, -0.05) is 208 Å². The molecule has 5 atom stereocenters. The van der Waals surface area contributed by atoms with Crippen molar-refractivity contribution in [2.24, 2.45) is 5.92 Å². The highest BCUT2D eigenvalue weighted by Crippen LogP contribution is 2.50. The molecule has 12 heteroatoms. The van der Waals surface area contributed by atoms with Crippen LogP contribution >= 0.6 is 34.9 Å². The molecular weight excluding hydrogens is 979 g/mol. The van der Waals surface area contributed by atoms with Gasteiger partial charge in [-0.25, -0.2) is 0 Å². The van der Waals surface area contributed by atoms with Crippen LogP contribution in [0, 0.1) is 5.92 Å². The van der Waals surface area contributed by atoms with Crippen LogP contribution in [0.2, 0.25) is 0 Å². The normalized spacial score (nSPS) is 19.4. The van der Waals surface area contributed by atoms with Crippen LogP contribution in [0.5, 0.6) is 0 Å². The van der Waals surface area contributed by atoms with Gasteiger partial charge in [0.1, 0.15) is 18.2 Å². The Morgan fingerprint density at radius 3 is 1.46 bits per heavy atom. The second-order valence-corrected chi connectivity index (χ2v) is 22.3. The van der Waals surface area contributed by atoms with Crippen LogP contribution in [0.4, 0.5) is 0 Å². The van der Waals surface area contributed by atoms with Gasteiger partial charge >= 0.3 is 5.97 Å². The molecule has 0 spiro atoms. The summed E-state index contributed by atoms with van der Waals surface area (Å²) in [5, 5.41) is 22.7. The summed E-state index contributed by atoms with van der Waals surface area (Å²) in [6.07, 6.45) is 1.29. The van der Waals surface area contributed by atoms with E-state index >= 15 is 0 Å². The van der Waals surface area contributed by atoms with Crippen molar-refractivity contribution < 1.29 is 29.0 Å². The van der Waals surface area contributed by atoms with Gasteiger partial charge in [-0.05, 0) is 69.0 Å². The predicted molar refractivity (Wildman–Crippen MR) is 301 cm³/mol. The van der Waals surface area contributed by atoms with Crippen LogP contribution in [0.1, 0.15) is 71.4 Å². The summed E-state index contributed by atoms with van der Waals surface area (Å²) in [6.45, 7) is 3.71. The average molecular weight is 1040 g/mol. The van der Waals surface area contributed by atoms with Gasteiger partial charge in [0.05, 0.1) is 34.5 Å². The number of ether oxygens (including phenoxy) is 1. The van der Waals surface area contributed by atoms with E-state index in [4.69, 9.17) is 4.74 Å². The van der Waals surface area contributed by atoms with Crippen LogP contribution in [0.3, 0.4) is 0 Å². The molecule has 0 radical (unpaired) electrons. The third-order valence-electron chi connectivity index (χ3n) is 13.3. The number of aliphatic hydroxyl groups is 1. The first-order valence-electron chi connectivity index (χ1n) is 25.1. The lowest BCUT2D eigenvalue weighted by molar-refractivity contribution is -0.151. The van der Waals surface area contributed by atoms with Gasteiger partial charge in [-0.2, -0.15) is 0 Å². The van der Waals surface area contributed by atoms with Crippen LogP contribution < -0.4 is 16.0 Å². The zero-order chi connectivity index (χ0) is 51.8. The summed E-state index contributed by atoms with van der Waals surface area (Å²) < 4.78 is 4.64. The highest BCUT2D eigenvalue weighted by molar-refractivity contribution is 8.00. The highest BCUT2D eigenvalue weighted by Gasteiger charge is 2.41. The lowest BCUT2D eigenvalue weighted by Gasteiger charge is -2.37. The van der Waals surface area contributed by atoms with E-state index in [-0.39, 0.29) is 24.5 Å². The number of benzene rings is 6. The Balaban J connectivity index is 1.08. The fraction of sp³-hybridized carbons (Fsp3) is 0.258. The second-order valence-electron chi connectivity index (χ2n) is 18.7. The molecule has 8 rings (SSSR count). The monoisotopic (exact) mass is 1040 g/mol. The fourth-order valence-corrected chi connectivity index (χ4v) is 13.4. The van der Waals surface area contributed by atoms with Gasteiger partial charge in [-0.15, -0.1) is 34.9 Å². The first-order valence-corrected chi connectivity index (χ1v) is 28.0. The Bertz CT molecular complexity index is 2700. The first kappa shape index (κ1) is 53.6. The SMILES string of the molecule is CC(C)[C@H]1NC(=O)[C@@H](CSC(c2ccccc2)(c2ccccc2)c2ccccc2)NC(=O)[C@@H](Cc2cccs2)NC(=O)C[C@@H](C=CCCSC(c2ccccc2)(c2ccccc2)c2ccccc2)OC(=O)C[C@@H]1O. The van der Waals surface area contributed by atoms with E-state index in [9.17, 15) is 24.3 Å². The van der Waals surface area contributed by atoms with Crippen LogP contribution in [0.15, 0.2) is 212 Å². The standard InChI is InChI=1S/C62H63N3O6S3/c1-44(2)58-55(66)42-57(68)71-51(36-21-22-39-73-61(45-24-9-3-10-25-45,46-26-11-4-12-27-46)47-28-13-5-14-29-47)40-56(67)63-53(41-52-37-23-38-72-52)59(69)64-54(60(70)65-58)43-74-62(48-30-15-6-16-31-48,49-32-17-7-18-33-49)50-34-19-8-20-35-50/h3-21,23-38,44,51,53-55,58,66H,22,39-43H2,1-2H3,(H,63,67)(H,64,69)(H,65,70)/t51-,53-,54-,55+,58-/m1/s1. The molecule has 1 aromatic heterocycles. The molecule has 4 N–H and O–H groups in total. The molecular formula is C62H63N3O6S3. The number of hydrogen-bond donors (Lipinski definition) is 4. The maximum Gasteiger partial charge on any atom is 0.309 e. The number of amides is 3. The number of thioether (sulfide) groups is 2. The number of cyclic esters (lactones) is 1. The summed E-state index contributed by atoms with van der Waals surface area (Å²) in [6, 6.07) is 62.2. The number of aliphatic hydroxyl groups excluding tert-OH is 1. The maximum absolute atomic E-state index is 14.8. The van der Waals surface area contributed by atoms with Crippen molar-refractivity contribution in [3.63, 3.8) is 0 Å². The number of thiophene rings is 1. The number of hydrogen-bond acceptors (Lipinski definition) is 9. The summed E-state index contributed by atoms with van der Waals surface area (Å²) >= 11 is 4.76. The van der Waals surface area contributed by atoms with E-state index < -0.39 is 69.9 Å². The molecule has 1 aliphatic rings. The third kappa shape index (κ3) is 13.1. The third-order valence-corrected chi connectivity index (χ3v) is 17.4. The fourth-order valence-electron chi connectivity index (χ4n) is 9.64. The lowest BCUT2D eigenvalue weighted by Crippen LogP contribution is -2.58. The molecule has 0 aliphatic carbocycles. The number of nitrogens with one attached hydrogen (secondary N) is 3. The summed E-state index contributed by atoms with van der Waals surface area (Å²) in [5.74, 6) is -1.89. The van der Waals surface area contributed by atoms with Crippen molar-refractivity contribution in [2.75, 3.05) is 11.5 Å². The number of carbonyl (C=O) groups excluding carboxylic acids is 4. The van der Waals surface area contributed by atoms with E-state index in [1.165, 1.54) is 23.1 Å². The molecule has 0 bridgehead atoms. The van der Waals surface area contributed by atoms with Crippen molar-refractivity contribution in [1.29, 1.82) is 0 Å². The van der Waals surface area contributed by atoms with E-state index in [0.29, 0.717) is 12.2 Å². The maximum atomic E-state index is 14.8. The molecule has 1 fully saturated rings. The van der Waals surface area contributed by atoms with Crippen molar-refractivity contribution in [1.82, 2.24) is 16.0 Å². The Hall–Kier alpha value is -6.70. The zero-order valence-electron chi connectivity index (χ0n) is 41.6. The van der Waals surface area contributed by atoms with Gasteiger partial charge in [0.2, 0.25) is 17.7 Å². The molecule has 7 aromatic rings. The van der Waals surface area contributed by atoms with E-state index in [1.807, 2.05) is 110 Å². The molecule has 1 aliphatic heterocycles. The second kappa shape index (κ2) is 26.0. The van der Waals surface area contributed by atoms with Gasteiger partial charge < -0.3 is 25.8 Å². The minimum atomic E-state index is -1.35. The molecule has 1 saturated heterocycles. The van der Waals surface area contributed by atoms with Crippen LogP contribution in [0.25, 0.3) is 0 Å². The average Bonchev–Trinajstić information content (AvgIpc) is 3.95. The van der Waals surface area contributed by atoms with Crippen LogP contribution in [-0.4, -0.2) is 70.6 Å². The number of carbonyl (C=O) groups is 4. The zero-order valence-corrected chi connectivity index (χ0v) is 44.1. The molecule has 9 nitrogen and oxygen atoms in total. The Labute approximate surface area is 447 Å². The van der Waals surface area contributed by atoms with Gasteiger partial charge in [-0.3, -0.25) is 19.2 Å². The number of esters is 1. The number of allylic oxidation sites excluding steroid dienone is 1. The van der Waals surface area contributed by atoms with Gasteiger partial charge in [0.25, 0.3) is 0 Å². The van der Waals surface area contributed by atoms with Crippen molar-refractivity contribution in [3.8, 4) is 0 Å². The highest BCUT2D eigenvalue weighted by atomic mass is 32.2. The van der Waals surface area contributed by atoms with E-state index in [1.54, 1.807) is 17.8 Å². The minimum absolute atomic E-state index is 0.0905. The molecule has 0 saturated carbocycles. The summed E-state index contributed by atoms with van der Waals surface area (Å²) in [7, 11) is 0. The predicted octanol–water partition coefficient (Wildman–Crippen LogP) is 10.9. The Morgan fingerprint density at radius 2 is 1.03 bits per heavy atom. The quantitative estimate of drug-likeness (QED) is 0.0307. The Kier molecular flexibility index (Phi) is 18.8. The summed E-state index contributed by atoms with van der Waals surface area (Å²) in [5.41, 5.74) is 6.35. The lowest BCUT2D eigenvalue weighted by atomic mass is 9.84.